The second-order valence-electron chi connectivity index (χ2n) is 6.60. The number of aromatic nitrogens is 1. The van der Waals surface area contributed by atoms with Crippen molar-refractivity contribution < 1.29 is 13.9 Å². The summed E-state index contributed by atoms with van der Waals surface area (Å²) in [6.45, 7) is 3.74. The minimum Gasteiger partial charge on any atom is -0.461 e. The summed E-state index contributed by atoms with van der Waals surface area (Å²) in [4.78, 5) is 21.6. The van der Waals surface area contributed by atoms with Crippen LogP contribution in [0.1, 0.15) is 12.8 Å². The number of thiazole rings is 1. The van der Waals surface area contributed by atoms with Crippen LogP contribution >= 0.6 is 11.3 Å². The molecule has 2 aromatic rings. The van der Waals surface area contributed by atoms with Gasteiger partial charge in [-0.2, -0.15) is 0 Å². The average molecular weight is 331 g/mol. The molecule has 4 aliphatic heterocycles. The Morgan fingerprint density at radius 3 is 2.87 bits per heavy atom. The van der Waals surface area contributed by atoms with Crippen LogP contribution in [-0.2, 0) is 4.74 Å². The number of hydrogen-bond donors (Lipinski definition) is 0. The molecular formula is C16H17N3O3S. The molecule has 0 N–H and O–H groups in total. The Hall–Kier alpha value is -1.86. The van der Waals surface area contributed by atoms with Crippen molar-refractivity contribution in [2.45, 2.75) is 18.4 Å². The molecule has 2 bridgehead atoms. The van der Waals surface area contributed by atoms with E-state index in [1.165, 1.54) is 11.3 Å². The highest BCUT2D eigenvalue weighted by Gasteiger charge is 2.55. The maximum absolute atomic E-state index is 12.5. The van der Waals surface area contributed by atoms with E-state index in [-0.39, 0.29) is 11.7 Å². The third-order valence-corrected chi connectivity index (χ3v) is 6.12. The number of fused-ring (bicyclic) bond motifs is 2. The third-order valence-electron chi connectivity index (χ3n) is 5.33. The number of rotatable bonds is 2. The van der Waals surface area contributed by atoms with E-state index in [9.17, 15) is 4.79 Å². The summed E-state index contributed by atoms with van der Waals surface area (Å²) < 4.78 is 11.5. The molecule has 0 aromatic carbocycles. The topological polar surface area (TPSA) is 58.8 Å². The second kappa shape index (κ2) is 4.82. The van der Waals surface area contributed by atoms with Crippen molar-refractivity contribution in [2.24, 2.45) is 5.92 Å². The van der Waals surface area contributed by atoms with Gasteiger partial charge in [-0.05, 0) is 25.9 Å². The Labute approximate surface area is 137 Å². The normalized spacial score (nSPS) is 32.7. The lowest BCUT2D eigenvalue weighted by molar-refractivity contribution is -0.0881. The molecule has 6 nitrogen and oxygen atoms in total. The van der Waals surface area contributed by atoms with Gasteiger partial charge in [0.15, 0.2) is 0 Å². The molecule has 23 heavy (non-hydrogen) atoms. The van der Waals surface area contributed by atoms with E-state index < -0.39 is 0 Å². The summed E-state index contributed by atoms with van der Waals surface area (Å²) in [7, 11) is 0. The van der Waals surface area contributed by atoms with Gasteiger partial charge in [0.2, 0.25) is 0 Å². The van der Waals surface area contributed by atoms with E-state index in [2.05, 4.69) is 9.88 Å². The molecule has 6 heterocycles. The van der Waals surface area contributed by atoms with Gasteiger partial charge in [0.05, 0.1) is 22.6 Å². The number of nitrogens with zero attached hydrogens (tertiary/aromatic N) is 3. The molecule has 1 atom stereocenters. The highest BCUT2D eigenvalue weighted by Crippen LogP contribution is 2.43. The van der Waals surface area contributed by atoms with E-state index >= 15 is 0 Å². The van der Waals surface area contributed by atoms with Gasteiger partial charge in [-0.1, -0.05) is 0 Å². The Kier molecular flexibility index (Phi) is 2.84. The van der Waals surface area contributed by atoms with Crippen LogP contribution in [0.4, 0.5) is 10.5 Å². The lowest BCUT2D eigenvalue weighted by Gasteiger charge is -2.49. The van der Waals surface area contributed by atoms with Crippen molar-refractivity contribution in [1.29, 1.82) is 0 Å². The Morgan fingerprint density at radius 1 is 1.30 bits per heavy atom. The lowest BCUT2D eigenvalue weighted by Crippen LogP contribution is -2.61. The maximum Gasteiger partial charge on any atom is 0.415 e. The molecule has 1 amide bonds. The fourth-order valence-electron chi connectivity index (χ4n) is 4.14. The van der Waals surface area contributed by atoms with Gasteiger partial charge in [0.25, 0.3) is 0 Å². The first-order valence-electron chi connectivity index (χ1n) is 7.94. The molecular weight excluding hydrogens is 314 g/mol. The molecule has 120 valence electrons. The molecule has 1 spiro atoms. The zero-order valence-electron chi connectivity index (χ0n) is 12.6. The van der Waals surface area contributed by atoms with Crippen molar-refractivity contribution >= 4 is 23.1 Å². The number of piperidine rings is 3. The summed E-state index contributed by atoms with van der Waals surface area (Å²) in [6.07, 6.45) is 5.40. The number of ether oxygens (including phenoxy) is 1. The van der Waals surface area contributed by atoms with Gasteiger partial charge < -0.3 is 9.15 Å². The van der Waals surface area contributed by atoms with Crippen molar-refractivity contribution in [3.8, 4) is 10.6 Å². The third kappa shape index (κ3) is 2.03. The number of carbonyl (C=O) groups is 1. The van der Waals surface area contributed by atoms with Crippen molar-refractivity contribution in [2.75, 3.05) is 31.1 Å². The monoisotopic (exact) mass is 331 g/mol. The number of amides is 1. The van der Waals surface area contributed by atoms with Crippen LogP contribution in [0.5, 0.6) is 0 Å². The molecule has 4 saturated heterocycles. The first-order valence-corrected chi connectivity index (χ1v) is 8.82. The van der Waals surface area contributed by atoms with E-state index in [1.54, 1.807) is 22.9 Å². The van der Waals surface area contributed by atoms with Crippen LogP contribution in [0, 0.1) is 5.92 Å². The van der Waals surface area contributed by atoms with E-state index in [0.717, 1.165) is 48.8 Å². The Balaban J connectivity index is 1.43. The van der Waals surface area contributed by atoms with E-state index in [1.807, 2.05) is 6.07 Å². The largest absolute Gasteiger partial charge is 0.461 e. The highest BCUT2D eigenvalue weighted by molar-refractivity contribution is 7.13. The first-order chi connectivity index (χ1) is 11.2. The highest BCUT2D eigenvalue weighted by atomic mass is 32.1. The lowest BCUT2D eigenvalue weighted by atomic mass is 9.75. The quantitative estimate of drug-likeness (QED) is 0.847. The van der Waals surface area contributed by atoms with Gasteiger partial charge in [-0.3, -0.25) is 14.8 Å². The second-order valence-corrected chi connectivity index (χ2v) is 7.49. The summed E-state index contributed by atoms with van der Waals surface area (Å²) in [5, 5.41) is 0. The first kappa shape index (κ1) is 13.6. The molecule has 6 rings (SSSR count). The molecule has 7 heteroatoms. The van der Waals surface area contributed by atoms with Gasteiger partial charge in [-0.15, -0.1) is 11.3 Å². The molecule has 0 aliphatic carbocycles. The van der Waals surface area contributed by atoms with Gasteiger partial charge in [-0.25, -0.2) is 4.79 Å². The van der Waals surface area contributed by atoms with Crippen LogP contribution in [0.3, 0.4) is 0 Å². The fraction of sp³-hybridized carbons (Fsp3) is 0.500. The number of carbonyl (C=O) groups excluding carboxylic acids is 1. The van der Waals surface area contributed by atoms with Gasteiger partial charge in [0.1, 0.15) is 17.6 Å². The molecule has 0 saturated carbocycles. The molecule has 0 radical (unpaired) electrons. The number of anilines is 1. The molecule has 4 fully saturated rings. The maximum atomic E-state index is 12.5. The summed E-state index contributed by atoms with van der Waals surface area (Å²) in [6, 6.07) is 1.90. The molecule has 4 aliphatic rings. The van der Waals surface area contributed by atoms with Crippen molar-refractivity contribution in [3.05, 3.63) is 24.0 Å². The number of furan rings is 1. The smallest absolute Gasteiger partial charge is 0.415 e. The van der Waals surface area contributed by atoms with Crippen LogP contribution in [0.2, 0.25) is 0 Å². The van der Waals surface area contributed by atoms with Crippen LogP contribution in [-0.4, -0.2) is 47.8 Å². The zero-order valence-corrected chi connectivity index (χ0v) is 13.4. The summed E-state index contributed by atoms with van der Waals surface area (Å²) in [5.41, 5.74) is 2.20. The fourth-order valence-corrected chi connectivity index (χ4v) is 4.72. The van der Waals surface area contributed by atoms with Crippen molar-refractivity contribution in [1.82, 2.24) is 9.88 Å². The summed E-state index contributed by atoms with van der Waals surface area (Å²) in [5.74, 6) is 1.22. The van der Waals surface area contributed by atoms with Crippen LogP contribution in [0.25, 0.3) is 10.6 Å². The van der Waals surface area contributed by atoms with Crippen LogP contribution in [0.15, 0.2) is 28.5 Å². The predicted molar refractivity (Wildman–Crippen MR) is 85.5 cm³/mol. The Morgan fingerprint density at radius 2 is 2.17 bits per heavy atom. The minimum absolute atomic E-state index is 0.254. The van der Waals surface area contributed by atoms with Crippen molar-refractivity contribution in [3.63, 3.8) is 0 Å². The number of hydrogen-bond acceptors (Lipinski definition) is 6. The minimum atomic E-state index is -0.338. The van der Waals surface area contributed by atoms with Gasteiger partial charge in [0, 0.05) is 24.7 Å². The van der Waals surface area contributed by atoms with E-state index in [0.29, 0.717) is 12.5 Å². The molecule has 0 unspecified atom stereocenters. The summed E-state index contributed by atoms with van der Waals surface area (Å²) >= 11 is 1.52. The standard InChI is InChI=1S/C16H17N3O3S/c20-15-19(12-5-13(21-7-12)14-6-17-10-23-14)9-16(22-15)8-18-3-1-11(16)2-4-18/h5-7,10-11H,1-4,8-9H2/t16-/m0/s1. The zero-order chi connectivity index (χ0) is 15.4. The Bertz CT molecular complexity index is 736. The SMILES string of the molecule is O=C1O[C@@]2(CN3CCC2CC3)CN1c1coc(-c2cncs2)c1. The van der Waals surface area contributed by atoms with E-state index in [4.69, 9.17) is 9.15 Å². The predicted octanol–water partition coefficient (Wildman–Crippen LogP) is 2.82. The average Bonchev–Trinajstić information content (AvgIpc) is 3.28. The van der Waals surface area contributed by atoms with Crippen LogP contribution < -0.4 is 4.90 Å². The van der Waals surface area contributed by atoms with Gasteiger partial charge >= 0.3 is 6.09 Å². The molecule has 2 aromatic heterocycles.